The molecule has 0 aliphatic heterocycles. The minimum atomic E-state index is -2.84. The predicted molar refractivity (Wildman–Crippen MR) is 53.5 cm³/mol. The van der Waals surface area contributed by atoms with Gasteiger partial charge in [-0.05, 0) is 25.8 Å². The maximum atomic E-state index is 11.3. The Morgan fingerprint density at radius 2 is 2.33 bits per heavy atom. The average Bonchev–Trinajstić information content (AvgIpc) is 2.18. The molecular weight excluding hydrogens is 220 g/mol. The molecule has 1 rings (SSSR count). The molecule has 15 heavy (non-hydrogen) atoms. The Hall–Kier alpha value is -1.04. The summed E-state index contributed by atoms with van der Waals surface area (Å²) in [5.41, 5.74) is 0. The Kier molecular flexibility index (Phi) is 4.61. The molecule has 1 aliphatic rings. The van der Waals surface area contributed by atoms with Crippen molar-refractivity contribution in [1.82, 2.24) is 0 Å². The highest BCUT2D eigenvalue weighted by Crippen LogP contribution is 2.25. The second-order valence-electron chi connectivity index (χ2n) is 3.21. The summed E-state index contributed by atoms with van der Waals surface area (Å²) >= 11 is 0. The summed E-state index contributed by atoms with van der Waals surface area (Å²) in [5, 5.41) is 0. The number of rotatable bonds is 4. The van der Waals surface area contributed by atoms with Gasteiger partial charge in [-0.25, -0.2) is 0 Å². The maximum absolute atomic E-state index is 11.3. The molecule has 1 aliphatic carbocycles. The first-order valence-electron chi connectivity index (χ1n) is 4.81. The fourth-order valence-electron chi connectivity index (χ4n) is 1.46. The van der Waals surface area contributed by atoms with Crippen LogP contribution in [0.15, 0.2) is 11.8 Å². The molecule has 0 saturated heterocycles. The van der Waals surface area contributed by atoms with E-state index in [0.29, 0.717) is 31.6 Å². The maximum Gasteiger partial charge on any atom is 0.309 e. The van der Waals surface area contributed by atoms with Crippen LogP contribution in [0.1, 0.15) is 26.2 Å². The molecular formula is C9H14O5S. The molecule has 0 radical (unpaired) electrons. The summed E-state index contributed by atoms with van der Waals surface area (Å²) in [5.74, 6) is 0.0350. The quantitative estimate of drug-likeness (QED) is 0.575. The Balaban J connectivity index is 2.46. The first-order chi connectivity index (χ1) is 7.13. The van der Waals surface area contributed by atoms with Gasteiger partial charge in [0.1, 0.15) is 5.76 Å². The monoisotopic (exact) mass is 234 g/mol. The highest BCUT2D eigenvalue weighted by atomic mass is 32.2. The highest BCUT2D eigenvalue weighted by molar-refractivity contribution is 7.67. The summed E-state index contributed by atoms with van der Waals surface area (Å²) < 4.78 is 29.9. The minimum Gasteiger partial charge on any atom is -0.466 e. The average molecular weight is 234 g/mol. The number of thiol groups is 1. The summed E-state index contributed by atoms with van der Waals surface area (Å²) in [6.45, 7) is 2.13. The number of carbonyl (C=O) groups excluding carboxylic acids is 1. The molecule has 86 valence electrons. The molecule has 0 spiro atoms. The van der Waals surface area contributed by atoms with Gasteiger partial charge in [-0.15, -0.1) is 0 Å². The molecule has 0 saturated carbocycles. The van der Waals surface area contributed by atoms with Crippen molar-refractivity contribution in [1.29, 1.82) is 0 Å². The van der Waals surface area contributed by atoms with Crippen molar-refractivity contribution in [3.05, 3.63) is 11.8 Å². The Labute approximate surface area is 90.2 Å². The third-order valence-corrected chi connectivity index (χ3v) is 2.56. The molecule has 1 atom stereocenters. The van der Waals surface area contributed by atoms with E-state index in [1.54, 1.807) is 13.0 Å². The lowest BCUT2D eigenvalue weighted by molar-refractivity contribution is -0.148. The van der Waals surface area contributed by atoms with Gasteiger partial charge >= 0.3 is 5.97 Å². The molecule has 5 nitrogen and oxygen atoms in total. The first-order valence-corrected chi connectivity index (χ1v) is 5.91. The molecule has 0 aromatic carbocycles. The van der Waals surface area contributed by atoms with Gasteiger partial charge in [-0.3, -0.25) is 4.79 Å². The molecule has 6 heteroatoms. The van der Waals surface area contributed by atoms with E-state index in [9.17, 15) is 13.2 Å². The van der Waals surface area contributed by atoms with Crippen LogP contribution in [0, 0.1) is 5.92 Å². The largest absolute Gasteiger partial charge is 0.466 e. The zero-order valence-corrected chi connectivity index (χ0v) is 9.37. The van der Waals surface area contributed by atoms with Crippen LogP contribution in [0.3, 0.4) is 0 Å². The third kappa shape index (κ3) is 3.91. The van der Waals surface area contributed by atoms with E-state index in [2.05, 4.69) is 4.18 Å². The van der Waals surface area contributed by atoms with E-state index in [1.807, 2.05) is 0 Å². The van der Waals surface area contributed by atoms with Gasteiger partial charge in [0.2, 0.25) is 0 Å². The van der Waals surface area contributed by atoms with Crippen molar-refractivity contribution in [2.45, 2.75) is 26.2 Å². The van der Waals surface area contributed by atoms with Crippen LogP contribution < -0.4 is 0 Å². The molecule has 0 aromatic rings. The van der Waals surface area contributed by atoms with Crippen LogP contribution >= 0.6 is 0 Å². The van der Waals surface area contributed by atoms with E-state index >= 15 is 0 Å². The molecule has 0 heterocycles. The van der Waals surface area contributed by atoms with Crippen molar-refractivity contribution >= 4 is 17.0 Å². The zero-order valence-electron chi connectivity index (χ0n) is 8.47. The molecule has 1 unspecified atom stereocenters. The lowest BCUT2D eigenvalue weighted by atomic mass is 9.93. The second kappa shape index (κ2) is 5.75. The number of hydrogen-bond acceptors (Lipinski definition) is 5. The number of esters is 1. The number of carbonyl (C=O) groups is 1. The van der Waals surface area contributed by atoms with Crippen LogP contribution in [0.25, 0.3) is 0 Å². The first kappa shape index (κ1) is 12.0. The van der Waals surface area contributed by atoms with Crippen molar-refractivity contribution in [2.75, 3.05) is 6.61 Å². The smallest absolute Gasteiger partial charge is 0.309 e. The summed E-state index contributed by atoms with van der Waals surface area (Å²) in [6, 6.07) is 0. The van der Waals surface area contributed by atoms with E-state index in [-0.39, 0.29) is 11.9 Å². The molecule has 0 fully saturated rings. The van der Waals surface area contributed by atoms with Gasteiger partial charge in [-0.1, -0.05) is 0 Å². The lowest BCUT2D eigenvalue weighted by Gasteiger charge is -2.18. The van der Waals surface area contributed by atoms with Gasteiger partial charge in [0, 0.05) is 6.42 Å². The van der Waals surface area contributed by atoms with E-state index in [1.165, 1.54) is 0 Å². The standard InChI is InChI=1S/C9H14O5S/c1-2-13-9(10)7-3-5-8(6-4-7)14-15(11)12/h5,7,15H,2-4,6H2,1H3. The molecule has 0 amide bonds. The number of allylic oxidation sites excluding steroid dienone is 2. The Morgan fingerprint density at radius 1 is 1.60 bits per heavy atom. The van der Waals surface area contributed by atoms with Crippen molar-refractivity contribution in [3.63, 3.8) is 0 Å². The SMILES string of the molecule is CCOC(=O)C1CC=C(O[SH](=O)=O)CC1. The van der Waals surface area contributed by atoms with Gasteiger partial charge in [0.15, 0.2) is 0 Å². The van der Waals surface area contributed by atoms with Crippen LogP contribution in [0.4, 0.5) is 0 Å². The third-order valence-electron chi connectivity index (χ3n) is 2.18. The summed E-state index contributed by atoms with van der Waals surface area (Å²) in [6.07, 6.45) is 3.16. The summed E-state index contributed by atoms with van der Waals surface area (Å²) in [7, 11) is -2.84. The van der Waals surface area contributed by atoms with Crippen molar-refractivity contribution in [2.24, 2.45) is 5.92 Å². The molecule has 0 aromatic heterocycles. The Morgan fingerprint density at radius 3 is 2.80 bits per heavy atom. The van der Waals surface area contributed by atoms with Gasteiger partial charge in [-0.2, -0.15) is 8.42 Å². The minimum absolute atomic E-state index is 0.165. The normalized spacial score (nSPS) is 20.9. The van der Waals surface area contributed by atoms with Gasteiger partial charge in [0.25, 0.3) is 11.0 Å². The fraction of sp³-hybridized carbons (Fsp3) is 0.667. The van der Waals surface area contributed by atoms with E-state index < -0.39 is 11.0 Å². The topological polar surface area (TPSA) is 69.7 Å². The fourth-order valence-corrected chi connectivity index (χ4v) is 1.82. The van der Waals surface area contributed by atoms with Gasteiger partial charge < -0.3 is 8.92 Å². The molecule has 0 N–H and O–H groups in total. The van der Waals surface area contributed by atoms with Gasteiger partial charge in [0.05, 0.1) is 12.5 Å². The summed E-state index contributed by atoms with van der Waals surface area (Å²) in [4.78, 5) is 11.3. The number of hydrogen-bond donors (Lipinski definition) is 1. The second-order valence-corrected chi connectivity index (χ2v) is 3.84. The van der Waals surface area contributed by atoms with E-state index in [4.69, 9.17) is 4.74 Å². The van der Waals surface area contributed by atoms with Crippen LogP contribution in [-0.2, 0) is 24.7 Å². The van der Waals surface area contributed by atoms with Crippen LogP contribution in [-0.4, -0.2) is 21.0 Å². The van der Waals surface area contributed by atoms with Crippen LogP contribution in [0.5, 0.6) is 0 Å². The number of ether oxygens (including phenoxy) is 1. The zero-order chi connectivity index (χ0) is 11.3. The van der Waals surface area contributed by atoms with Crippen molar-refractivity contribution < 1.29 is 22.1 Å². The highest BCUT2D eigenvalue weighted by Gasteiger charge is 2.23. The predicted octanol–water partition coefficient (Wildman–Crippen LogP) is 0.777. The molecule has 0 bridgehead atoms. The lowest BCUT2D eigenvalue weighted by Crippen LogP contribution is -2.20. The van der Waals surface area contributed by atoms with Crippen LogP contribution in [0.2, 0.25) is 0 Å². The van der Waals surface area contributed by atoms with E-state index in [0.717, 1.165) is 0 Å². The van der Waals surface area contributed by atoms with Crippen molar-refractivity contribution in [3.8, 4) is 0 Å². The Bertz CT molecular complexity index is 323.